The van der Waals surface area contributed by atoms with E-state index in [4.69, 9.17) is 9.47 Å². The lowest BCUT2D eigenvalue weighted by Gasteiger charge is -2.08. The summed E-state index contributed by atoms with van der Waals surface area (Å²) >= 11 is 1.10. The number of aliphatic carboxylic acids is 1. The van der Waals surface area contributed by atoms with Crippen molar-refractivity contribution in [2.45, 2.75) is 6.29 Å². The molecule has 150 valence electrons. The Bertz CT molecular complexity index is 1030. The van der Waals surface area contributed by atoms with E-state index in [1.165, 1.54) is 0 Å². The lowest BCUT2D eigenvalue weighted by Crippen LogP contribution is -2.15. The number of oxime groups is 1. The minimum atomic E-state index is -1.38. The number of carbonyl (C=O) groups is 1. The van der Waals surface area contributed by atoms with Crippen molar-refractivity contribution in [2.24, 2.45) is 5.16 Å². The molecule has 0 amide bonds. The van der Waals surface area contributed by atoms with Crippen molar-refractivity contribution in [3.63, 3.8) is 0 Å². The highest BCUT2D eigenvalue weighted by atomic mass is 32.1. The molecule has 1 atom stereocenters. The summed E-state index contributed by atoms with van der Waals surface area (Å²) < 4.78 is 11.3. The number of hydrogen-bond acceptors (Lipinski definition) is 7. The number of benzene rings is 2. The van der Waals surface area contributed by atoms with Crippen LogP contribution < -0.4 is 9.47 Å². The van der Waals surface area contributed by atoms with E-state index in [0.717, 1.165) is 33.9 Å². The fourth-order valence-corrected chi connectivity index (χ4v) is 3.28. The van der Waals surface area contributed by atoms with Crippen LogP contribution in [0.5, 0.6) is 10.8 Å². The first-order valence-electron chi connectivity index (χ1n) is 8.69. The number of ether oxygens (including phenoxy) is 2. The van der Waals surface area contributed by atoms with Crippen LogP contribution in [0.2, 0.25) is 0 Å². The number of carboxylic acid groups (broad SMARTS) is 1. The summed E-state index contributed by atoms with van der Waals surface area (Å²) in [5.41, 5.74) is -0.335. The number of rotatable bonds is 10. The molecule has 0 aliphatic carbocycles. The average Bonchev–Trinajstić information content (AvgIpc) is 3.19. The van der Waals surface area contributed by atoms with Crippen LogP contribution in [0.3, 0.4) is 0 Å². The van der Waals surface area contributed by atoms with Crippen molar-refractivity contribution in [3.8, 4) is 10.8 Å². The van der Waals surface area contributed by atoms with Crippen molar-refractivity contribution in [3.05, 3.63) is 72.1 Å². The molecular weight excluding hydrogens is 394 g/mol. The Kier molecular flexibility index (Phi) is 6.83. The highest BCUT2D eigenvalue weighted by Gasteiger charge is 2.17. The number of nitrogens with zero attached hydrogens (tertiary/aromatic N) is 1. The molecule has 8 heteroatoms. The van der Waals surface area contributed by atoms with Gasteiger partial charge in [-0.25, -0.2) is 4.79 Å². The first-order valence-corrected chi connectivity index (χ1v) is 9.51. The van der Waals surface area contributed by atoms with Gasteiger partial charge in [0.1, 0.15) is 19.0 Å². The standard InChI is InChI=1S/C21H19NO6S/c1-2-18(23)28-22-20(21(24)25)17-9-10-19(29-17)27-12-11-26-16-8-7-14-5-3-4-6-15(14)13-16/h2-10,13,18,23H,1,11-12H2,(H,24,25). The van der Waals surface area contributed by atoms with Gasteiger partial charge in [-0.3, -0.25) is 0 Å². The molecule has 1 unspecified atom stereocenters. The topological polar surface area (TPSA) is 97.6 Å². The van der Waals surface area contributed by atoms with Crippen LogP contribution >= 0.6 is 11.3 Å². The lowest BCUT2D eigenvalue weighted by molar-refractivity contribution is -0.129. The zero-order chi connectivity index (χ0) is 20.6. The molecule has 0 aliphatic rings. The van der Waals surface area contributed by atoms with Gasteiger partial charge in [0.2, 0.25) is 12.0 Å². The summed E-state index contributed by atoms with van der Waals surface area (Å²) in [6.07, 6.45) is -0.297. The van der Waals surface area contributed by atoms with Crippen molar-refractivity contribution in [2.75, 3.05) is 13.2 Å². The molecule has 3 rings (SSSR count). The lowest BCUT2D eigenvalue weighted by atomic mass is 10.1. The summed E-state index contributed by atoms with van der Waals surface area (Å²) in [4.78, 5) is 16.3. The number of aliphatic hydroxyl groups is 1. The maximum Gasteiger partial charge on any atom is 0.359 e. The van der Waals surface area contributed by atoms with E-state index in [-0.39, 0.29) is 12.3 Å². The van der Waals surface area contributed by atoms with E-state index >= 15 is 0 Å². The maximum atomic E-state index is 11.3. The Morgan fingerprint density at radius 3 is 2.62 bits per heavy atom. The fraction of sp³-hybridized carbons (Fsp3) is 0.143. The third-order valence-electron chi connectivity index (χ3n) is 3.79. The van der Waals surface area contributed by atoms with E-state index in [2.05, 4.69) is 16.6 Å². The van der Waals surface area contributed by atoms with Crippen LogP contribution in [0.25, 0.3) is 10.8 Å². The Morgan fingerprint density at radius 2 is 1.86 bits per heavy atom. The first kappa shape index (κ1) is 20.4. The van der Waals surface area contributed by atoms with Crippen molar-refractivity contribution in [1.82, 2.24) is 0 Å². The molecule has 0 saturated heterocycles. The second kappa shape index (κ2) is 9.72. The molecule has 2 aromatic carbocycles. The molecule has 1 heterocycles. The molecule has 29 heavy (non-hydrogen) atoms. The fourth-order valence-electron chi connectivity index (χ4n) is 2.42. The molecule has 0 aliphatic heterocycles. The number of thiophene rings is 1. The summed E-state index contributed by atoms with van der Waals surface area (Å²) in [6.45, 7) is 3.94. The van der Waals surface area contributed by atoms with E-state index in [9.17, 15) is 15.0 Å². The van der Waals surface area contributed by atoms with Crippen LogP contribution in [-0.4, -0.2) is 41.4 Å². The normalized spacial score (nSPS) is 12.4. The zero-order valence-corrected chi connectivity index (χ0v) is 16.2. The minimum absolute atomic E-state index is 0.290. The molecule has 3 aromatic rings. The van der Waals surface area contributed by atoms with Crippen LogP contribution in [-0.2, 0) is 9.63 Å². The monoisotopic (exact) mass is 413 g/mol. The molecule has 0 radical (unpaired) electrons. The second-order valence-corrected chi connectivity index (χ2v) is 6.85. The van der Waals surface area contributed by atoms with Crippen LogP contribution in [0.1, 0.15) is 4.88 Å². The molecule has 1 aromatic heterocycles. The van der Waals surface area contributed by atoms with Crippen LogP contribution in [0, 0.1) is 0 Å². The van der Waals surface area contributed by atoms with Gasteiger partial charge < -0.3 is 24.5 Å². The number of hydrogen-bond donors (Lipinski definition) is 2. The van der Waals surface area contributed by atoms with Gasteiger partial charge in [-0.05, 0) is 41.1 Å². The average molecular weight is 413 g/mol. The highest BCUT2D eigenvalue weighted by molar-refractivity contribution is 7.16. The van der Waals surface area contributed by atoms with Crippen LogP contribution in [0.4, 0.5) is 0 Å². The van der Waals surface area contributed by atoms with Gasteiger partial charge in [-0.2, -0.15) is 0 Å². The van der Waals surface area contributed by atoms with Gasteiger partial charge in [0.05, 0.1) is 4.88 Å². The largest absolute Gasteiger partial charge is 0.490 e. The van der Waals surface area contributed by atoms with Crippen molar-refractivity contribution >= 4 is 33.8 Å². The summed E-state index contributed by atoms with van der Waals surface area (Å²) in [6, 6.07) is 17.1. The smallest absolute Gasteiger partial charge is 0.359 e. The van der Waals surface area contributed by atoms with Gasteiger partial charge >= 0.3 is 5.97 Å². The zero-order valence-electron chi connectivity index (χ0n) is 15.4. The summed E-state index contributed by atoms with van der Waals surface area (Å²) in [7, 11) is 0. The summed E-state index contributed by atoms with van der Waals surface area (Å²) in [5.74, 6) is -0.535. The van der Waals surface area contributed by atoms with Crippen molar-refractivity contribution in [1.29, 1.82) is 0 Å². The Hall–Kier alpha value is -3.36. The van der Waals surface area contributed by atoms with Gasteiger partial charge in [-0.1, -0.05) is 53.4 Å². The molecule has 0 spiro atoms. The van der Waals surface area contributed by atoms with Crippen molar-refractivity contribution < 1.29 is 29.3 Å². The number of carboxylic acids is 1. The molecule has 0 bridgehead atoms. The van der Waals surface area contributed by atoms with Gasteiger partial charge in [0, 0.05) is 0 Å². The highest BCUT2D eigenvalue weighted by Crippen LogP contribution is 2.26. The number of fused-ring (bicyclic) bond motifs is 1. The quantitative estimate of drug-likeness (QED) is 0.173. The van der Waals surface area contributed by atoms with Gasteiger partial charge in [0.25, 0.3) is 0 Å². The van der Waals surface area contributed by atoms with Crippen LogP contribution in [0.15, 0.2) is 72.4 Å². The van der Waals surface area contributed by atoms with E-state index < -0.39 is 12.3 Å². The number of aliphatic hydroxyl groups excluding tert-OH is 1. The molecule has 7 nitrogen and oxygen atoms in total. The SMILES string of the molecule is C=CC(O)ON=C(C(=O)O)c1ccc(OCCOc2ccc3ccccc3c2)s1. The van der Waals surface area contributed by atoms with E-state index in [1.807, 2.05) is 42.5 Å². The maximum absolute atomic E-state index is 11.3. The third-order valence-corrected chi connectivity index (χ3v) is 4.79. The molecular formula is C21H19NO6S. The molecule has 0 fully saturated rings. The third kappa shape index (κ3) is 5.56. The first-order chi connectivity index (χ1) is 14.1. The minimum Gasteiger partial charge on any atom is -0.490 e. The Balaban J connectivity index is 1.54. The van der Waals surface area contributed by atoms with Gasteiger partial charge in [0.15, 0.2) is 5.06 Å². The Labute approximate surface area is 171 Å². The summed E-state index contributed by atoms with van der Waals surface area (Å²) in [5, 5.41) is 24.7. The molecule has 2 N–H and O–H groups in total. The second-order valence-electron chi connectivity index (χ2n) is 5.80. The predicted molar refractivity (Wildman–Crippen MR) is 111 cm³/mol. The Morgan fingerprint density at radius 1 is 1.10 bits per heavy atom. The van der Waals surface area contributed by atoms with E-state index in [0.29, 0.717) is 16.5 Å². The molecule has 0 saturated carbocycles. The van der Waals surface area contributed by atoms with E-state index in [1.54, 1.807) is 12.1 Å². The predicted octanol–water partition coefficient (Wildman–Crippen LogP) is 3.67. The van der Waals surface area contributed by atoms with Gasteiger partial charge in [-0.15, -0.1) is 0 Å².